The van der Waals surface area contributed by atoms with Crippen LogP contribution >= 0.6 is 0 Å². The second kappa shape index (κ2) is 18.8. The predicted octanol–water partition coefficient (Wildman–Crippen LogP) is 1.01. The minimum atomic E-state index is -0.966. The number of rotatable bonds is 16. The molecule has 132 valence electrons. The number of carboxylic acids is 1. The summed E-state index contributed by atoms with van der Waals surface area (Å²) in [4.78, 5) is 12.6. The number of aliphatic carboxylic acids is 1. The normalized spacial score (nSPS) is 12.2. The molecule has 1 unspecified atom stereocenters. The smallest absolute Gasteiger partial charge is 0.549 e. The summed E-state index contributed by atoms with van der Waals surface area (Å²) in [5, 5.41) is 10.7. The summed E-state index contributed by atoms with van der Waals surface area (Å²) in [5.74, 6) is -0.320. The maximum atomic E-state index is 10.7. The molecular weight excluding hydrogens is 297 g/mol. The summed E-state index contributed by atoms with van der Waals surface area (Å²) < 4.78 is 0. The second-order valence-corrected chi connectivity index (χ2v) is 6.84. The number of hydrogen-bond donors (Lipinski definition) is 0. The Hall–Kier alpha value is 0.430. The van der Waals surface area contributed by atoms with Gasteiger partial charge in [-0.2, -0.15) is 0 Å². The molecule has 0 aromatic carbocycles. The van der Waals surface area contributed by atoms with Crippen molar-refractivity contribution in [3.63, 3.8) is 0 Å². The fraction of sp³-hybridized carbons (Fsp3) is 0.947. The standard InChI is InChI=1S/C19H39NO2.Na/c1-4-6-8-10-11-13-15-18(14-12-9-7-5-2)16-20(3)17-19(21)22;/h18H,4-17H2,1-3H3,(H,21,22);/q;+1/p-1. The van der Waals surface area contributed by atoms with Gasteiger partial charge in [0.05, 0.1) is 5.97 Å². The van der Waals surface area contributed by atoms with Crippen LogP contribution < -0.4 is 34.7 Å². The molecule has 0 saturated carbocycles. The van der Waals surface area contributed by atoms with Crippen molar-refractivity contribution >= 4 is 5.97 Å². The fourth-order valence-electron chi connectivity index (χ4n) is 3.13. The van der Waals surface area contributed by atoms with Crippen molar-refractivity contribution in [2.45, 2.75) is 90.9 Å². The van der Waals surface area contributed by atoms with E-state index < -0.39 is 5.97 Å². The van der Waals surface area contributed by atoms with E-state index in [1.807, 2.05) is 11.9 Å². The van der Waals surface area contributed by atoms with E-state index in [9.17, 15) is 9.90 Å². The molecule has 1 atom stereocenters. The minimum absolute atomic E-state index is 0. The fourth-order valence-corrected chi connectivity index (χ4v) is 3.13. The van der Waals surface area contributed by atoms with Crippen LogP contribution in [0.2, 0.25) is 0 Å². The molecule has 0 aliphatic carbocycles. The molecule has 0 aromatic rings. The maximum Gasteiger partial charge on any atom is 1.00 e. The van der Waals surface area contributed by atoms with Crippen LogP contribution in [0.3, 0.4) is 0 Å². The van der Waals surface area contributed by atoms with Crippen LogP contribution in [0.25, 0.3) is 0 Å². The maximum absolute atomic E-state index is 10.7. The monoisotopic (exact) mass is 335 g/mol. The van der Waals surface area contributed by atoms with E-state index in [-0.39, 0.29) is 36.1 Å². The van der Waals surface area contributed by atoms with Gasteiger partial charge < -0.3 is 14.8 Å². The van der Waals surface area contributed by atoms with Gasteiger partial charge >= 0.3 is 29.6 Å². The van der Waals surface area contributed by atoms with Crippen molar-refractivity contribution in [1.29, 1.82) is 0 Å². The number of likely N-dealkylation sites (N-methyl/N-ethyl adjacent to an activating group) is 1. The quantitative estimate of drug-likeness (QED) is 0.312. The summed E-state index contributed by atoms with van der Waals surface area (Å²) >= 11 is 0. The summed E-state index contributed by atoms with van der Waals surface area (Å²) in [6, 6.07) is 0. The van der Waals surface area contributed by atoms with E-state index in [4.69, 9.17) is 0 Å². The van der Waals surface area contributed by atoms with Crippen LogP contribution in [0, 0.1) is 5.92 Å². The second-order valence-electron chi connectivity index (χ2n) is 6.84. The zero-order valence-corrected chi connectivity index (χ0v) is 18.2. The molecule has 0 spiro atoms. The molecule has 0 aliphatic rings. The first kappa shape index (κ1) is 25.7. The average molecular weight is 336 g/mol. The first-order valence-corrected chi connectivity index (χ1v) is 9.48. The van der Waals surface area contributed by atoms with E-state index in [1.165, 1.54) is 77.0 Å². The Balaban J connectivity index is 0. The van der Waals surface area contributed by atoms with Gasteiger partial charge in [0.15, 0.2) is 0 Å². The van der Waals surface area contributed by atoms with Gasteiger partial charge in [-0.25, -0.2) is 0 Å². The molecule has 0 aromatic heterocycles. The molecule has 23 heavy (non-hydrogen) atoms. The minimum Gasteiger partial charge on any atom is -0.549 e. The van der Waals surface area contributed by atoms with Crippen LogP contribution in [0.4, 0.5) is 0 Å². The predicted molar refractivity (Wildman–Crippen MR) is 92.7 cm³/mol. The summed E-state index contributed by atoms with van der Waals surface area (Å²) in [6.45, 7) is 5.44. The molecule has 3 nitrogen and oxygen atoms in total. The van der Waals surface area contributed by atoms with E-state index in [0.717, 1.165) is 6.54 Å². The molecule has 0 rings (SSSR count). The van der Waals surface area contributed by atoms with Crippen molar-refractivity contribution in [3.05, 3.63) is 0 Å². The summed E-state index contributed by atoms with van der Waals surface area (Å²) in [5.41, 5.74) is 0. The SMILES string of the molecule is CCCCCCCCC(CCCCCC)CN(C)CC(=O)[O-].[Na+]. The molecule has 0 saturated heterocycles. The third kappa shape index (κ3) is 18.6. The number of nitrogens with zero attached hydrogens (tertiary/aromatic N) is 1. The first-order chi connectivity index (χ1) is 10.6. The Morgan fingerprint density at radius 2 is 1.30 bits per heavy atom. The Morgan fingerprint density at radius 3 is 1.78 bits per heavy atom. The van der Waals surface area contributed by atoms with Crippen molar-refractivity contribution in [3.8, 4) is 0 Å². The Kier molecular flexibility index (Phi) is 20.9. The van der Waals surface area contributed by atoms with Crippen LogP contribution in [0.15, 0.2) is 0 Å². The van der Waals surface area contributed by atoms with Crippen molar-refractivity contribution in [1.82, 2.24) is 4.90 Å². The molecule has 0 radical (unpaired) electrons. The van der Waals surface area contributed by atoms with Gasteiger partial charge in [-0.3, -0.25) is 0 Å². The number of carbonyl (C=O) groups excluding carboxylic acids is 1. The average Bonchev–Trinajstić information content (AvgIpc) is 2.46. The van der Waals surface area contributed by atoms with Crippen molar-refractivity contribution < 1.29 is 39.5 Å². The van der Waals surface area contributed by atoms with Gasteiger partial charge in [-0.1, -0.05) is 78.1 Å². The number of carbonyl (C=O) groups is 1. The van der Waals surface area contributed by atoms with Crippen LogP contribution in [-0.4, -0.2) is 31.0 Å². The van der Waals surface area contributed by atoms with E-state index in [2.05, 4.69) is 13.8 Å². The molecule has 0 amide bonds. The van der Waals surface area contributed by atoms with E-state index >= 15 is 0 Å². The zero-order chi connectivity index (χ0) is 16.6. The third-order valence-corrected chi connectivity index (χ3v) is 4.40. The van der Waals surface area contributed by atoms with Crippen molar-refractivity contribution in [2.75, 3.05) is 20.1 Å². The molecule has 0 heterocycles. The number of unbranched alkanes of at least 4 members (excludes halogenated alkanes) is 8. The van der Waals surface area contributed by atoms with Gasteiger partial charge in [0.2, 0.25) is 0 Å². The largest absolute Gasteiger partial charge is 1.00 e. The zero-order valence-electron chi connectivity index (χ0n) is 16.2. The van der Waals surface area contributed by atoms with Gasteiger partial charge in [-0.15, -0.1) is 0 Å². The first-order valence-electron chi connectivity index (χ1n) is 9.48. The van der Waals surface area contributed by atoms with E-state index in [1.54, 1.807) is 0 Å². The Morgan fingerprint density at radius 1 is 0.870 bits per heavy atom. The Bertz CT molecular complexity index is 262. The van der Waals surface area contributed by atoms with Gasteiger partial charge in [0.1, 0.15) is 0 Å². The molecule has 0 aliphatic heterocycles. The Labute approximate surface area is 166 Å². The van der Waals surface area contributed by atoms with Crippen LogP contribution in [0.5, 0.6) is 0 Å². The molecule has 0 fully saturated rings. The topological polar surface area (TPSA) is 43.4 Å². The van der Waals surface area contributed by atoms with E-state index in [0.29, 0.717) is 5.92 Å². The number of carboxylic acid groups (broad SMARTS) is 1. The molecular formula is C19H38NNaO2. The van der Waals surface area contributed by atoms with Crippen LogP contribution in [0.1, 0.15) is 90.9 Å². The summed E-state index contributed by atoms with van der Waals surface area (Å²) in [7, 11) is 1.90. The van der Waals surface area contributed by atoms with Gasteiger partial charge in [0.25, 0.3) is 0 Å². The van der Waals surface area contributed by atoms with Crippen molar-refractivity contribution in [2.24, 2.45) is 5.92 Å². The summed E-state index contributed by atoms with van der Waals surface area (Å²) in [6.07, 6.45) is 15.7. The molecule has 4 heteroatoms. The number of hydrogen-bond acceptors (Lipinski definition) is 3. The van der Waals surface area contributed by atoms with Crippen LogP contribution in [-0.2, 0) is 4.79 Å². The molecule has 0 N–H and O–H groups in total. The van der Waals surface area contributed by atoms with Gasteiger partial charge in [0, 0.05) is 13.1 Å². The van der Waals surface area contributed by atoms with Gasteiger partial charge in [-0.05, 0) is 25.8 Å². The molecule has 0 bridgehead atoms. The third-order valence-electron chi connectivity index (χ3n) is 4.40.